The van der Waals surface area contributed by atoms with Gasteiger partial charge in [-0.05, 0) is 89.1 Å². The molecule has 3 atom stereocenters. The number of hydrogen-bond acceptors (Lipinski definition) is 11. The number of nitrogens with one attached hydrogen (secondary N) is 2. The maximum Gasteiger partial charge on any atom is 0.414 e. The van der Waals surface area contributed by atoms with E-state index in [0.717, 1.165) is 16.7 Å². The topological polar surface area (TPSA) is 160 Å². The van der Waals surface area contributed by atoms with Gasteiger partial charge in [-0.25, -0.2) is 19.4 Å². The summed E-state index contributed by atoms with van der Waals surface area (Å²) in [5.74, 6) is 0.517. The van der Waals surface area contributed by atoms with E-state index in [4.69, 9.17) is 24.3 Å². The summed E-state index contributed by atoms with van der Waals surface area (Å²) in [5, 5.41) is 22.8. The van der Waals surface area contributed by atoms with Crippen molar-refractivity contribution in [3.8, 4) is 0 Å². The zero-order valence-electron chi connectivity index (χ0n) is 33.7. The van der Waals surface area contributed by atoms with E-state index in [9.17, 15) is 19.5 Å². The second kappa shape index (κ2) is 16.4. The van der Waals surface area contributed by atoms with Crippen molar-refractivity contribution in [2.24, 2.45) is 5.92 Å². The molecule has 4 aromatic rings. The number of benzene rings is 2. The number of aliphatic hydroxyl groups excluding tert-OH is 1. The number of hydrogen-bond donors (Lipinski definition) is 3. The molecular formula is C42H55N7O7. The minimum atomic E-state index is -0.971. The Morgan fingerprint density at radius 2 is 1.68 bits per heavy atom. The predicted molar refractivity (Wildman–Crippen MR) is 214 cm³/mol. The Kier molecular flexibility index (Phi) is 11.8. The Balaban J connectivity index is 1.24. The van der Waals surface area contributed by atoms with E-state index in [0.29, 0.717) is 61.0 Å². The Hall–Kier alpha value is -5.37. The van der Waals surface area contributed by atoms with Crippen LogP contribution in [0.3, 0.4) is 0 Å². The largest absolute Gasteiger partial charge is 0.458 e. The number of nitrogens with zero attached hydrogens (tertiary/aromatic N) is 5. The normalized spacial score (nSPS) is 17.8. The number of aliphatic hydroxyl groups is 1. The van der Waals surface area contributed by atoms with Crippen LogP contribution in [0.2, 0.25) is 0 Å². The van der Waals surface area contributed by atoms with Crippen LogP contribution >= 0.6 is 0 Å². The lowest BCUT2D eigenvalue weighted by Gasteiger charge is -2.36. The highest BCUT2D eigenvalue weighted by atomic mass is 16.6. The van der Waals surface area contributed by atoms with Crippen molar-refractivity contribution in [2.45, 2.75) is 104 Å². The highest BCUT2D eigenvalue weighted by Gasteiger charge is 2.34. The predicted octanol–water partition coefficient (Wildman–Crippen LogP) is 7.08. The number of rotatable bonds is 10. The van der Waals surface area contributed by atoms with Crippen molar-refractivity contribution < 1.29 is 33.7 Å². The van der Waals surface area contributed by atoms with Crippen LogP contribution in [0.1, 0.15) is 96.0 Å². The van der Waals surface area contributed by atoms with Crippen LogP contribution in [-0.2, 0) is 32.0 Å². The molecule has 300 valence electrons. The van der Waals surface area contributed by atoms with Crippen LogP contribution in [-0.4, -0.2) is 86.2 Å². The zero-order valence-corrected chi connectivity index (χ0v) is 33.7. The van der Waals surface area contributed by atoms with Crippen molar-refractivity contribution >= 4 is 41.1 Å². The van der Waals surface area contributed by atoms with Gasteiger partial charge in [0.1, 0.15) is 23.6 Å². The quantitative estimate of drug-likeness (QED) is 0.112. The summed E-state index contributed by atoms with van der Waals surface area (Å²) in [6, 6.07) is 16.0. The number of ether oxygens (including phenoxy) is 3. The summed E-state index contributed by atoms with van der Waals surface area (Å²) in [7, 11) is 0. The number of piperidine rings is 1. The molecule has 0 saturated carbocycles. The molecule has 0 bridgehead atoms. The van der Waals surface area contributed by atoms with E-state index in [1.54, 1.807) is 26.6 Å². The minimum absolute atomic E-state index is 0.0303. The van der Waals surface area contributed by atoms with Crippen molar-refractivity contribution in [1.82, 2.24) is 19.5 Å². The van der Waals surface area contributed by atoms with Gasteiger partial charge in [0.25, 0.3) is 0 Å². The van der Waals surface area contributed by atoms with Crippen molar-refractivity contribution in [3.63, 3.8) is 0 Å². The fraction of sp³-hybridized carbons (Fsp3) is 0.500. The average Bonchev–Trinajstić information content (AvgIpc) is 3.73. The van der Waals surface area contributed by atoms with E-state index in [2.05, 4.69) is 24.5 Å². The number of carbonyl (C=O) groups excluding carboxylic acids is 3. The Labute approximate surface area is 328 Å². The molecule has 2 amide bonds. The number of anilines is 3. The lowest BCUT2D eigenvalue weighted by molar-refractivity contribution is -0.156. The summed E-state index contributed by atoms with van der Waals surface area (Å²) >= 11 is 0. The van der Waals surface area contributed by atoms with E-state index < -0.39 is 41.5 Å². The number of esters is 1. The molecule has 4 heterocycles. The van der Waals surface area contributed by atoms with Gasteiger partial charge in [-0.15, -0.1) is 5.10 Å². The molecule has 2 aliphatic heterocycles. The highest BCUT2D eigenvalue weighted by molar-refractivity contribution is 5.91. The summed E-state index contributed by atoms with van der Waals surface area (Å²) in [5.41, 5.74) is 3.26. The summed E-state index contributed by atoms with van der Waals surface area (Å²) in [6.07, 6.45) is 1.28. The van der Waals surface area contributed by atoms with Crippen LogP contribution in [0.25, 0.3) is 5.65 Å². The Morgan fingerprint density at radius 3 is 2.36 bits per heavy atom. The molecule has 1 fully saturated rings. The van der Waals surface area contributed by atoms with Gasteiger partial charge in [-0.3, -0.25) is 4.90 Å². The van der Waals surface area contributed by atoms with Crippen molar-refractivity contribution in [3.05, 3.63) is 83.0 Å². The third kappa shape index (κ3) is 9.52. The van der Waals surface area contributed by atoms with E-state index in [1.807, 2.05) is 90.1 Å². The molecule has 3 N–H and O–H groups in total. The number of carbonyl (C=O) groups is 3. The third-order valence-electron chi connectivity index (χ3n) is 9.73. The molecule has 0 radical (unpaired) electrons. The molecule has 2 aliphatic rings. The first kappa shape index (κ1) is 40.3. The SMILES string of the molecule is CC(C)c1c(NC[C@H]2CCN(C(=O)OC(C)(C)C)C[C@@H]2O)nn2c(NC(C(=O)OC(C)(C)C)c3ccc4c(c3)N(C(=O)OCc3ccccc3)CC4)ccnc12. The van der Waals surface area contributed by atoms with E-state index in [1.165, 1.54) is 0 Å². The van der Waals surface area contributed by atoms with Gasteiger partial charge < -0.3 is 34.9 Å². The number of likely N-dealkylation sites (tertiary alicyclic amines) is 1. The third-order valence-corrected chi connectivity index (χ3v) is 9.73. The lowest BCUT2D eigenvalue weighted by atomic mass is 9.94. The highest BCUT2D eigenvalue weighted by Crippen LogP contribution is 2.35. The van der Waals surface area contributed by atoms with Crippen molar-refractivity contribution in [2.75, 3.05) is 41.7 Å². The fourth-order valence-electron chi connectivity index (χ4n) is 7.02. The number of β-amino-alcohol motifs (C(OH)–C–C–N with tert-alkyl or cyclic N) is 1. The molecule has 14 nitrogen and oxygen atoms in total. The maximum atomic E-state index is 14.0. The molecule has 1 saturated heterocycles. The van der Waals surface area contributed by atoms with Gasteiger partial charge in [0.05, 0.1) is 18.3 Å². The average molecular weight is 770 g/mol. The smallest absolute Gasteiger partial charge is 0.414 e. The molecule has 2 aromatic heterocycles. The van der Waals surface area contributed by atoms with Crippen LogP contribution in [0.15, 0.2) is 60.8 Å². The number of aromatic nitrogens is 3. The first-order valence-electron chi connectivity index (χ1n) is 19.4. The first-order valence-corrected chi connectivity index (χ1v) is 19.4. The molecule has 6 rings (SSSR count). The molecule has 0 spiro atoms. The monoisotopic (exact) mass is 769 g/mol. The van der Waals surface area contributed by atoms with E-state index >= 15 is 0 Å². The molecule has 1 unspecified atom stereocenters. The van der Waals surface area contributed by atoms with Gasteiger partial charge in [0, 0.05) is 37.3 Å². The summed E-state index contributed by atoms with van der Waals surface area (Å²) < 4.78 is 18.8. The number of fused-ring (bicyclic) bond motifs is 2. The summed E-state index contributed by atoms with van der Waals surface area (Å²) in [4.78, 5) is 47.8. The standard InChI is InChI=1S/C42H55N7O7/c1-26(2)34-36(44-23-30-17-20-47(24-32(30)50)39(52)56-42(6,7)8)46-49-33(16-19-43-37(34)49)45-35(38(51)55-41(3,4)5)29-15-14-28-18-21-48(31(28)22-29)40(53)54-25-27-12-10-9-11-13-27/h9-16,19,22,26,30,32,35,45,50H,17-18,20-21,23-25H2,1-8H3,(H,44,46)/t30-,32+,35?/m1/s1. The van der Waals surface area contributed by atoms with Crippen LogP contribution in [0, 0.1) is 5.92 Å². The van der Waals surface area contributed by atoms with Crippen molar-refractivity contribution in [1.29, 1.82) is 0 Å². The second-order valence-electron chi connectivity index (χ2n) is 16.8. The van der Waals surface area contributed by atoms with Gasteiger partial charge in [0.2, 0.25) is 0 Å². The Morgan fingerprint density at radius 1 is 0.946 bits per heavy atom. The molecular weight excluding hydrogens is 715 g/mol. The zero-order chi connectivity index (χ0) is 40.4. The maximum absolute atomic E-state index is 14.0. The van der Waals surface area contributed by atoms with Crippen LogP contribution in [0.5, 0.6) is 0 Å². The molecule has 56 heavy (non-hydrogen) atoms. The second-order valence-corrected chi connectivity index (χ2v) is 16.8. The number of amides is 2. The van der Waals surface area contributed by atoms with Gasteiger partial charge >= 0.3 is 18.2 Å². The lowest BCUT2D eigenvalue weighted by Crippen LogP contribution is -2.49. The van der Waals surface area contributed by atoms with Gasteiger partial charge in [0.15, 0.2) is 17.5 Å². The Bertz CT molecular complexity index is 2040. The molecule has 2 aromatic carbocycles. The minimum Gasteiger partial charge on any atom is -0.458 e. The molecule has 0 aliphatic carbocycles. The van der Waals surface area contributed by atoms with E-state index in [-0.39, 0.29) is 25.0 Å². The van der Waals surface area contributed by atoms with Gasteiger partial charge in [-0.2, -0.15) is 4.52 Å². The fourth-order valence-corrected chi connectivity index (χ4v) is 7.02. The first-order chi connectivity index (χ1) is 26.5. The van der Waals surface area contributed by atoms with Crippen LogP contribution in [0.4, 0.5) is 26.9 Å². The van der Waals surface area contributed by atoms with Crippen LogP contribution < -0.4 is 15.5 Å². The molecule has 14 heteroatoms. The van der Waals surface area contributed by atoms with Gasteiger partial charge in [-0.1, -0.05) is 56.3 Å². The summed E-state index contributed by atoms with van der Waals surface area (Å²) in [6.45, 7) is 16.7.